The van der Waals surface area contributed by atoms with E-state index in [1.807, 2.05) is 18.2 Å². The molecular weight excluding hydrogens is 1100 g/mol. The minimum Gasteiger partial charge on any atom is -0.508 e. The molecule has 0 radical (unpaired) electrons. The monoisotopic (exact) mass is 1170 g/mol. The Bertz CT molecular complexity index is 2730. The van der Waals surface area contributed by atoms with Crippen LogP contribution in [0.25, 0.3) is 10.9 Å². The SMILES string of the molecule is CC(=O)O.CC(=O)O.C[C@@H](O)C1NC(=O)C(CCCCN)NC(=O)[C@@H](Cc2c[nH]c3ccccc23)NC(=O)[C@H](Cc2ccc(O)cc2)NC(=O)C(NC(=O)[C@H](N)Cc2ccccc2)CSSC[C@@H](C(=O)N[C@H](C(=O)O)[C@@H](C)O)NC1=O. The molecule has 0 spiro atoms. The van der Waals surface area contributed by atoms with Crippen molar-refractivity contribution in [3.05, 3.63) is 102 Å². The second kappa shape index (κ2) is 34.4. The highest BCUT2D eigenvalue weighted by molar-refractivity contribution is 8.76. The summed E-state index contributed by atoms with van der Waals surface area (Å²) < 4.78 is 0. The first-order chi connectivity index (χ1) is 38.3. The van der Waals surface area contributed by atoms with Crippen molar-refractivity contribution in [2.24, 2.45) is 11.5 Å². The second-order valence-electron chi connectivity index (χ2n) is 18.7. The van der Waals surface area contributed by atoms with Gasteiger partial charge in [0.1, 0.15) is 42.0 Å². The highest BCUT2D eigenvalue weighted by Crippen LogP contribution is 2.25. The lowest BCUT2D eigenvalue weighted by atomic mass is 10.0. The molecule has 28 heteroatoms. The molecule has 1 saturated heterocycles. The maximum Gasteiger partial charge on any atom is 0.328 e. The molecule has 0 aliphatic carbocycles. The highest BCUT2D eigenvalue weighted by atomic mass is 33.1. The van der Waals surface area contributed by atoms with Gasteiger partial charge in [-0.2, -0.15) is 0 Å². The third kappa shape index (κ3) is 23.9. The first-order valence-corrected chi connectivity index (χ1v) is 28.0. The molecular formula is C53H72N10O16S2. The highest BCUT2D eigenvalue weighted by Gasteiger charge is 2.37. The fourth-order valence-corrected chi connectivity index (χ4v) is 10.1. The number of aromatic amines is 1. The van der Waals surface area contributed by atoms with Gasteiger partial charge in [-0.25, -0.2) is 4.79 Å². The van der Waals surface area contributed by atoms with Crippen LogP contribution < -0.4 is 48.7 Å². The van der Waals surface area contributed by atoms with Crippen LogP contribution in [0.2, 0.25) is 0 Å². The van der Waals surface area contributed by atoms with E-state index in [1.165, 1.54) is 31.2 Å². The number of aliphatic carboxylic acids is 3. The zero-order chi connectivity index (χ0) is 60.3. The normalized spacial score (nSPS) is 20.9. The molecule has 18 N–H and O–H groups in total. The lowest BCUT2D eigenvalue weighted by Crippen LogP contribution is -2.62. The van der Waals surface area contributed by atoms with Crippen LogP contribution in [0, 0.1) is 0 Å². The van der Waals surface area contributed by atoms with E-state index in [0.717, 1.165) is 58.8 Å². The number of rotatable bonds is 17. The molecule has 0 saturated carbocycles. The van der Waals surface area contributed by atoms with E-state index >= 15 is 0 Å². The van der Waals surface area contributed by atoms with Gasteiger partial charge in [-0.1, -0.05) is 82.3 Å². The van der Waals surface area contributed by atoms with Crippen molar-refractivity contribution >= 4 is 91.7 Å². The summed E-state index contributed by atoms with van der Waals surface area (Å²) in [6.45, 7) is 4.73. The van der Waals surface area contributed by atoms with Crippen LogP contribution in [-0.4, -0.2) is 173 Å². The molecule has 0 bridgehead atoms. The van der Waals surface area contributed by atoms with Crippen molar-refractivity contribution in [1.82, 2.24) is 42.2 Å². The lowest BCUT2D eigenvalue weighted by Gasteiger charge is -2.29. The van der Waals surface area contributed by atoms with Gasteiger partial charge in [0, 0.05) is 55.3 Å². The van der Waals surface area contributed by atoms with Gasteiger partial charge >= 0.3 is 5.97 Å². The van der Waals surface area contributed by atoms with Gasteiger partial charge in [-0.15, -0.1) is 0 Å². The van der Waals surface area contributed by atoms with Gasteiger partial charge < -0.3 is 84.3 Å². The van der Waals surface area contributed by atoms with Crippen molar-refractivity contribution in [2.75, 3.05) is 18.1 Å². The Morgan fingerprint density at radius 2 is 1.23 bits per heavy atom. The Labute approximate surface area is 474 Å². The molecule has 3 aromatic carbocycles. The maximum absolute atomic E-state index is 14.7. The number of hydrogen-bond donors (Lipinski definition) is 16. The molecule has 3 unspecified atom stereocenters. The van der Waals surface area contributed by atoms with Crippen molar-refractivity contribution in [2.45, 2.75) is 127 Å². The molecule has 4 aromatic rings. The average Bonchev–Trinajstić information content (AvgIpc) is 3.84. The van der Waals surface area contributed by atoms with E-state index in [4.69, 9.17) is 31.3 Å². The van der Waals surface area contributed by atoms with Crippen LogP contribution in [0.4, 0.5) is 0 Å². The molecule has 26 nitrogen and oxygen atoms in total. The van der Waals surface area contributed by atoms with E-state index in [-0.39, 0.29) is 49.5 Å². The number of carbonyl (C=O) groups is 10. The minimum atomic E-state index is -1.82. The summed E-state index contributed by atoms with van der Waals surface area (Å²) in [5.74, 6) is -10.3. The van der Waals surface area contributed by atoms with Crippen LogP contribution in [0.1, 0.15) is 63.6 Å². The average molecular weight is 1170 g/mol. The first kappa shape index (κ1) is 67.5. The quantitative estimate of drug-likeness (QED) is 0.0453. The summed E-state index contributed by atoms with van der Waals surface area (Å²) in [4.78, 5) is 133. The van der Waals surface area contributed by atoms with Crippen LogP contribution >= 0.6 is 21.6 Å². The molecule has 1 aromatic heterocycles. The van der Waals surface area contributed by atoms with Gasteiger partial charge in [0.05, 0.1) is 18.2 Å². The molecule has 1 fully saturated rings. The predicted octanol–water partition coefficient (Wildman–Crippen LogP) is -0.826. The molecule has 81 heavy (non-hydrogen) atoms. The third-order valence-electron chi connectivity index (χ3n) is 11.9. The second-order valence-corrected chi connectivity index (χ2v) is 21.3. The number of aliphatic hydroxyl groups excluding tert-OH is 2. The Balaban J connectivity index is 0.00000201. The number of hydrogen-bond acceptors (Lipinski definition) is 17. The number of fused-ring (bicyclic) bond motifs is 1. The van der Waals surface area contributed by atoms with Gasteiger partial charge in [-0.05, 0) is 81.0 Å². The topological polar surface area (TPSA) is 444 Å². The number of carbonyl (C=O) groups excluding carboxylic acids is 7. The summed E-state index contributed by atoms with van der Waals surface area (Å²) >= 11 is 0. The third-order valence-corrected chi connectivity index (χ3v) is 14.3. The van der Waals surface area contributed by atoms with Crippen molar-refractivity contribution < 1.29 is 78.6 Å². The summed E-state index contributed by atoms with van der Waals surface area (Å²) in [5.41, 5.74) is 14.7. The van der Waals surface area contributed by atoms with Crippen molar-refractivity contribution in [1.29, 1.82) is 0 Å². The largest absolute Gasteiger partial charge is 0.508 e. The number of aromatic nitrogens is 1. The summed E-state index contributed by atoms with van der Waals surface area (Å²) in [6.07, 6.45) is -1.03. The minimum absolute atomic E-state index is 0.0207. The maximum atomic E-state index is 14.7. The molecule has 442 valence electrons. The Morgan fingerprint density at radius 1 is 0.679 bits per heavy atom. The van der Waals surface area contributed by atoms with Crippen molar-refractivity contribution in [3.63, 3.8) is 0 Å². The number of aliphatic hydroxyl groups is 2. The number of para-hydroxylation sites is 1. The number of H-pyrrole nitrogens is 1. The first-order valence-electron chi connectivity index (χ1n) is 25.5. The van der Waals surface area contributed by atoms with E-state index < -0.39 is 120 Å². The number of phenols is 1. The fraction of sp³-hybridized carbons (Fsp3) is 0.434. The molecule has 10 atom stereocenters. The Morgan fingerprint density at radius 3 is 1.83 bits per heavy atom. The van der Waals surface area contributed by atoms with Gasteiger partial charge in [0.15, 0.2) is 6.04 Å². The van der Waals surface area contributed by atoms with E-state index in [9.17, 15) is 58.8 Å². The summed E-state index contributed by atoms with van der Waals surface area (Å²) in [7, 11) is 1.86. The number of carboxylic acids is 3. The Hall–Kier alpha value is -7.76. The zero-order valence-electron chi connectivity index (χ0n) is 45.0. The smallest absolute Gasteiger partial charge is 0.328 e. The molecule has 1 aliphatic heterocycles. The van der Waals surface area contributed by atoms with Crippen molar-refractivity contribution in [3.8, 4) is 5.75 Å². The van der Waals surface area contributed by atoms with Crippen LogP contribution in [0.3, 0.4) is 0 Å². The molecule has 7 amide bonds. The van der Waals surface area contributed by atoms with Crippen LogP contribution in [0.5, 0.6) is 5.75 Å². The van der Waals surface area contributed by atoms with E-state index in [1.54, 1.807) is 42.6 Å². The summed E-state index contributed by atoms with van der Waals surface area (Å²) in [5, 5.41) is 74.4. The number of carboxylic acid groups (broad SMARTS) is 3. The fourth-order valence-electron chi connectivity index (χ4n) is 7.79. The number of benzene rings is 3. The number of amides is 7. The number of nitrogens with two attached hydrogens (primary N) is 2. The lowest BCUT2D eigenvalue weighted by molar-refractivity contribution is -0.145. The van der Waals surface area contributed by atoms with Gasteiger partial charge in [0.2, 0.25) is 41.4 Å². The zero-order valence-corrected chi connectivity index (χ0v) is 46.6. The number of aromatic hydroxyl groups is 1. The predicted molar refractivity (Wildman–Crippen MR) is 301 cm³/mol. The molecule has 2 heterocycles. The number of nitrogens with one attached hydrogen (secondary N) is 8. The van der Waals surface area contributed by atoms with Crippen LogP contribution in [0.15, 0.2) is 85.1 Å². The number of phenolic OH excluding ortho intramolecular Hbond substituents is 1. The van der Waals surface area contributed by atoms with Gasteiger partial charge in [0.25, 0.3) is 11.9 Å². The Kier molecular flexibility index (Phi) is 28.7. The van der Waals surface area contributed by atoms with E-state index in [2.05, 4.69) is 42.2 Å². The molecule has 5 rings (SSSR count). The summed E-state index contributed by atoms with van der Waals surface area (Å²) in [6, 6.07) is 9.98. The van der Waals surface area contributed by atoms with Gasteiger partial charge in [-0.3, -0.25) is 43.2 Å². The standard InChI is InChI=1S/C49H64N10O12S2.2C2H4O2/c1-26(60)40-48(69)57-39(47(68)59-41(27(2)61)49(70)71)25-73-72-24-38(56-42(63)33(51)20-28-10-4-3-5-11-28)46(67)54-36(21-29-15-17-31(62)18-16-29)44(65)55-37(22-30-23-52-34-13-7-6-12-32(30)34)45(66)53-35(43(64)58-40)14-8-9-19-50;2*1-2(3)4/h3-7,10-13,15-18,23,26-27,33,35-41,52,60-62H,8-9,14,19-22,24-25,50-51H2,1-2H3,(H,53,66)(H,54,67)(H,55,65)(H,56,63)(H,57,69)(H,58,64)(H,59,68)(H,70,71);2*1H3,(H,3,4)/t26-,27-,33-,35?,36+,37-,38?,39+,40?,41+;;/m1../s1. The molecule has 1 aliphatic rings. The van der Waals surface area contributed by atoms with E-state index in [0.29, 0.717) is 24.0 Å². The van der Waals surface area contributed by atoms with Crippen LogP contribution in [-0.2, 0) is 67.2 Å². The number of unbranched alkanes of at least 4 members (excludes halogenated alkanes) is 1.